The minimum atomic E-state index is -0.350. The zero-order chi connectivity index (χ0) is 18.3. The molecule has 0 saturated heterocycles. The summed E-state index contributed by atoms with van der Waals surface area (Å²) in [5.41, 5.74) is 3.50. The van der Waals surface area contributed by atoms with Gasteiger partial charge in [-0.2, -0.15) is 0 Å². The van der Waals surface area contributed by atoms with E-state index in [1.807, 2.05) is 18.2 Å². The Labute approximate surface area is 152 Å². The Bertz CT molecular complexity index is 890. The Morgan fingerprint density at radius 1 is 1.23 bits per heavy atom. The molecule has 5 nitrogen and oxygen atoms in total. The summed E-state index contributed by atoms with van der Waals surface area (Å²) in [5, 5.41) is 13.5. The van der Waals surface area contributed by atoms with Crippen molar-refractivity contribution in [3.05, 3.63) is 65.2 Å². The second-order valence-corrected chi connectivity index (χ2v) is 6.67. The highest BCUT2D eigenvalue weighted by Crippen LogP contribution is 2.51. The van der Waals surface area contributed by atoms with E-state index in [9.17, 15) is 9.90 Å². The number of hydrogen-bond donors (Lipinski definition) is 2. The predicted molar refractivity (Wildman–Crippen MR) is 98.8 cm³/mol. The molecule has 3 unspecified atom stereocenters. The zero-order valence-electron chi connectivity index (χ0n) is 14.7. The molecular formula is C21H21NO4. The highest BCUT2D eigenvalue weighted by Gasteiger charge is 2.39. The number of rotatable bonds is 3. The zero-order valence-corrected chi connectivity index (χ0v) is 14.7. The summed E-state index contributed by atoms with van der Waals surface area (Å²) in [6, 6.07) is 11.2. The summed E-state index contributed by atoms with van der Waals surface area (Å²) >= 11 is 0. The van der Waals surface area contributed by atoms with Crippen LogP contribution in [0.3, 0.4) is 0 Å². The van der Waals surface area contributed by atoms with Crippen molar-refractivity contribution in [1.82, 2.24) is 0 Å². The highest BCUT2D eigenvalue weighted by atomic mass is 16.5. The molecule has 0 bridgehead atoms. The van der Waals surface area contributed by atoms with Crippen LogP contribution < -0.4 is 10.1 Å². The molecule has 2 N–H and O–H groups in total. The molecule has 134 valence electrons. The number of aromatic hydroxyl groups is 1. The van der Waals surface area contributed by atoms with E-state index in [-0.39, 0.29) is 23.7 Å². The maximum absolute atomic E-state index is 12.2. The van der Waals surface area contributed by atoms with Crippen molar-refractivity contribution < 1.29 is 19.4 Å². The molecule has 2 aromatic carbocycles. The van der Waals surface area contributed by atoms with Gasteiger partial charge in [0.05, 0.1) is 31.5 Å². The lowest BCUT2D eigenvalue weighted by Crippen LogP contribution is -2.30. The maximum Gasteiger partial charge on any atom is 0.339 e. The van der Waals surface area contributed by atoms with Crippen LogP contribution in [0.1, 0.15) is 39.9 Å². The number of carbonyl (C=O) groups excluding carboxylic acids is 1. The van der Waals surface area contributed by atoms with Gasteiger partial charge in [0.15, 0.2) is 11.5 Å². The number of esters is 1. The molecule has 3 atom stereocenters. The number of anilines is 1. The van der Waals surface area contributed by atoms with Gasteiger partial charge in [0.2, 0.25) is 0 Å². The fourth-order valence-corrected chi connectivity index (χ4v) is 4.12. The molecule has 0 saturated carbocycles. The molecule has 0 aromatic heterocycles. The number of methoxy groups -OCH3 is 2. The SMILES string of the molecule is COC(=O)c1cccc2c1NC(c1ccc(O)c(OC)c1)C1CC=CC21. The van der Waals surface area contributed by atoms with E-state index in [1.54, 1.807) is 12.1 Å². The lowest BCUT2D eigenvalue weighted by atomic mass is 9.76. The van der Waals surface area contributed by atoms with Crippen LogP contribution in [0.5, 0.6) is 11.5 Å². The number of hydrogen-bond acceptors (Lipinski definition) is 5. The second kappa shape index (κ2) is 6.41. The van der Waals surface area contributed by atoms with E-state index in [1.165, 1.54) is 14.2 Å². The summed E-state index contributed by atoms with van der Waals surface area (Å²) in [6.07, 6.45) is 5.37. The average molecular weight is 351 g/mol. The first kappa shape index (κ1) is 16.5. The van der Waals surface area contributed by atoms with Crippen LogP contribution in [0.15, 0.2) is 48.6 Å². The first-order valence-electron chi connectivity index (χ1n) is 8.65. The van der Waals surface area contributed by atoms with Gasteiger partial charge in [0, 0.05) is 5.92 Å². The van der Waals surface area contributed by atoms with Crippen LogP contribution >= 0.6 is 0 Å². The number of fused-ring (bicyclic) bond motifs is 3. The lowest BCUT2D eigenvalue weighted by molar-refractivity contribution is 0.0601. The Kier molecular flexibility index (Phi) is 4.07. The van der Waals surface area contributed by atoms with Crippen LogP contribution in [0.2, 0.25) is 0 Å². The Morgan fingerprint density at radius 3 is 2.85 bits per heavy atom. The van der Waals surface area contributed by atoms with Gasteiger partial charge in [-0.25, -0.2) is 4.79 Å². The quantitative estimate of drug-likeness (QED) is 0.646. The van der Waals surface area contributed by atoms with Crippen molar-refractivity contribution in [3.63, 3.8) is 0 Å². The van der Waals surface area contributed by atoms with Crippen molar-refractivity contribution in [2.24, 2.45) is 5.92 Å². The fraction of sp³-hybridized carbons (Fsp3) is 0.286. The number of ether oxygens (including phenoxy) is 2. The number of para-hydroxylation sites is 1. The maximum atomic E-state index is 12.2. The smallest absolute Gasteiger partial charge is 0.339 e. The van der Waals surface area contributed by atoms with Gasteiger partial charge in [0.1, 0.15) is 0 Å². The van der Waals surface area contributed by atoms with Crippen LogP contribution in [0.25, 0.3) is 0 Å². The number of nitrogens with one attached hydrogen (secondary N) is 1. The third kappa shape index (κ3) is 2.51. The topological polar surface area (TPSA) is 67.8 Å². The van der Waals surface area contributed by atoms with Crippen molar-refractivity contribution in [2.45, 2.75) is 18.4 Å². The standard InChI is InChI=1S/C21H21NO4/c1-25-18-11-12(9-10-17(18)23)19-14-6-3-5-13(14)15-7-4-8-16(20(15)22-19)21(24)26-2/h3-5,7-11,13-14,19,22-23H,6H2,1-2H3. The van der Waals surface area contributed by atoms with Crippen LogP contribution in [-0.2, 0) is 4.74 Å². The second-order valence-electron chi connectivity index (χ2n) is 6.67. The third-order valence-corrected chi connectivity index (χ3v) is 5.36. The largest absolute Gasteiger partial charge is 0.504 e. The summed E-state index contributed by atoms with van der Waals surface area (Å²) in [4.78, 5) is 12.2. The molecule has 2 aliphatic rings. The van der Waals surface area contributed by atoms with Crippen molar-refractivity contribution >= 4 is 11.7 Å². The Hall–Kier alpha value is -2.95. The van der Waals surface area contributed by atoms with E-state index < -0.39 is 0 Å². The molecular weight excluding hydrogens is 330 g/mol. The predicted octanol–water partition coefficient (Wildman–Crippen LogP) is 4.01. The van der Waals surface area contributed by atoms with E-state index >= 15 is 0 Å². The van der Waals surface area contributed by atoms with E-state index in [2.05, 4.69) is 23.5 Å². The van der Waals surface area contributed by atoms with Gasteiger partial charge in [-0.05, 0) is 41.7 Å². The highest BCUT2D eigenvalue weighted by molar-refractivity contribution is 5.97. The Balaban J connectivity index is 1.82. The summed E-state index contributed by atoms with van der Waals surface area (Å²) in [7, 11) is 2.93. The van der Waals surface area contributed by atoms with Crippen LogP contribution in [0.4, 0.5) is 5.69 Å². The van der Waals surface area contributed by atoms with Crippen molar-refractivity contribution in [2.75, 3.05) is 19.5 Å². The monoisotopic (exact) mass is 351 g/mol. The number of benzene rings is 2. The molecule has 26 heavy (non-hydrogen) atoms. The Morgan fingerprint density at radius 2 is 2.08 bits per heavy atom. The molecule has 1 aliphatic carbocycles. The van der Waals surface area contributed by atoms with E-state index in [0.29, 0.717) is 17.2 Å². The summed E-state index contributed by atoms with van der Waals surface area (Å²) < 4.78 is 10.2. The molecule has 0 amide bonds. The molecule has 1 aliphatic heterocycles. The first-order valence-corrected chi connectivity index (χ1v) is 8.65. The van der Waals surface area contributed by atoms with Gasteiger partial charge in [-0.1, -0.05) is 30.4 Å². The fourth-order valence-electron chi connectivity index (χ4n) is 4.12. The molecule has 5 heteroatoms. The lowest BCUT2D eigenvalue weighted by Gasteiger charge is -2.38. The molecule has 1 heterocycles. The number of phenols is 1. The van der Waals surface area contributed by atoms with Gasteiger partial charge in [-0.15, -0.1) is 0 Å². The van der Waals surface area contributed by atoms with Gasteiger partial charge < -0.3 is 19.9 Å². The normalized spacial score (nSPS) is 22.9. The van der Waals surface area contributed by atoms with Gasteiger partial charge >= 0.3 is 5.97 Å². The van der Waals surface area contributed by atoms with Crippen LogP contribution in [-0.4, -0.2) is 25.3 Å². The number of allylic oxidation sites excluding steroid dienone is 2. The molecule has 0 radical (unpaired) electrons. The van der Waals surface area contributed by atoms with Crippen molar-refractivity contribution in [1.29, 1.82) is 0 Å². The van der Waals surface area contributed by atoms with Gasteiger partial charge in [0.25, 0.3) is 0 Å². The summed E-state index contributed by atoms with van der Waals surface area (Å²) in [6.45, 7) is 0. The average Bonchev–Trinajstić information content (AvgIpc) is 3.17. The first-order chi connectivity index (χ1) is 12.6. The molecule has 4 rings (SSSR count). The molecule has 0 fully saturated rings. The van der Waals surface area contributed by atoms with Gasteiger partial charge in [-0.3, -0.25) is 0 Å². The van der Waals surface area contributed by atoms with Crippen LogP contribution in [0, 0.1) is 5.92 Å². The van der Waals surface area contributed by atoms with E-state index in [0.717, 1.165) is 23.2 Å². The minimum absolute atomic E-state index is 0.00260. The van der Waals surface area contributed by atoms with E-state index in [4.69, 9.17) is 9.47 Å². The summed E-state index contributed by atoms with van der Waals surface area (Å²) in [5.74, 6) is 0.782. The number of phenolic OH excluding ortho intramolecular Hbond substituents is 1. The number of carbonyl (C=O) groups is 1. The molecule has 2 aromatic rings. The molecule has 0 spiro atoms. The minimum Gasteiger partial charge on any atom is -0.504 e. The third-order valence-electron chi connectivity index (χ3n) is 5.36. The van der Waals surface area contributed by atoms with Crippen molar-refractivity contribution in [3.8, 4) is 11.5 Å².